The van der Waals surface area contributed by atoms with Gasteiger partial charge in [-0.3, -0.25) is 19.2 Å². The number of benzene rings is 2. The van der Waals surface area contributed by atoms with Crippen LogP contribution >= 0.6 is 22.7 Å². The first kappa shape index (κ1) is 30.5. The van der Waals surface area contributed by atoms with Crippen LogP contribution in [0.5, 0.6) is 11.5 Å². The van der Waals surface area contributed by atoms with E-state index in [4.69, 9.17) is 29.2 Å². The van der Waals surface area contributed by atoms with E-state index in [1.54, 1.807) is 36.4 Å². The molecule has 0 fully saturated rings. The third-order valence-corrected chi connectivity index (χ3v) is 8.49. The molecule has 4 rings (SSSR count). The van der Waals surface area contributed by atoms with Crippen LogP contribution in [0.15, 0.2) is 36.4 Å². The molecule has 0 aliphatic rings. The molecule has 0 saturated carbocycles. The lowest BCUT2D eigenvalue weighted by atomic mass is 10.1. The summed E-state index contributed by atoms with van der Waals surface area (Å²) in [6.45, 7) is -0.331. The van der Waals surface area contributed by atoms with Crippen LogP contribution in [0.3, 0.4) is 0 Å². The van der Waals surface area contributed by atoms with Crippen LogP contribution in [-0.2, 0) is 32.3 Å². The quantitative estimate of drug-likeness (QED) is 0.125. The Hall–Kier alpha value is -4.49. The van der Waals surface area contributed by atoms with Crippen molar-refractivity contribution in [3.8, 4) is 11.5 Å². The normalized spacial score (nSPS) is 10.9. The molecule has 2 heterocycles. The largest absolute Gasteiger partial charge is 0.508 e. The summed E-state index contributed by atoms with van der Waals surface area (Å²) in [5, 5.41) is 19.1. The molecular weight excluding hydrogens is 588 g/mol. The lowest BCUT2D eigenvalue weighted by Crippen LogP contribution is -2.08. The van der Waals surface area contributed by atoms with Gasteiger partial charge in [0.1, 0.15) is 24.7 Å². The maximum absolute atomic E-state index is 12.5. The molecule has 0 amide bonds. The van der Waals surface area contributed by atoms with Gasteiger partial charge in [0, 0.05) is 33.4 Å². The van der Waals surface area contributed by atoms with Crippen LogP contribution in [0.1, 0.15) is 56.2 Å². The second-order valence-corrected chi connectivity index (χ2v) is 11.3. The van der Waals surface area contributed by atoms with Crippen molar-refractivity contribution in [1.82, 2.24) is 0 Å². The van der Waals surface area contributed by atoms with E-state index >= 15 is 0 Å². The lowest BCUT2D eigenvalue weighted by Gasteiger charge is -2.12. The highest BCUT2D eigenvalue weighted by atomic mass is 32.1. The number of hydrogen-bond donors (Lipinski definition) is 2. The number of carbonyl (C=O) groups is 5. The summed E-state index contributed by atoms with van der Waals surface area (Å²) in [4.78, 5) is 59.6. The summed E-state index contributed by atoms with van der Waals surface area (Å²) in [5.74, 6) is -1.74. The zero-order valence-electron chi connectivity index (χ0n) is 22.6. The van der Waals surface area contributed by atoms with Crippen LogP contribution in [-0.4, -0.2) is 54.1 Å². The Bertz CT molecular complexity index is 1560. The molecule has 0 aliphatic heterocycles. The number of carboxylic acids is 2. The molecular formula is C29H26O11S2. The molecule has 13 heteroatoms. The second kappa shape index (κ2) is 13.4. The molecule has 0 saturated heterocycles. The lowest BCUT2D eigenvalue weighted by molar-refractivity contribution is -0.137. The number of fused-ring (bicyclic) bond motifs is 2. The molecule has 2 aromatic heterocycles. The van der Waals surface area contributed by atoms with Gasteiger partial charge in [-0.1, -0.05) is 0 Å². The maximum atomic E-state index is 12.5. The van der Waals surface area contributed by atoms with Gasteiger partial charge in [-0.2, -0.15) is 0 Å². The predicted octanol–water partition coefficient (Wildman–Crippen LogP) is 6.08. The van der Waals surface area contributed by atoms with E-state index in [1.807, 2.05) is 0 Å². The molecule has 2 N–H and O–H groups in total. The molecule has 2 aromatic carbocycles. The van der Waals surface area contributed by atoms with Gasteiger partial charge in [-0.25, -0.2) is 4.79 Å². The Morgan fingerprint density at radius 3 is 1.38 bits per heavy atom. The van der Waals surface area contributed by atoms with Crippen LogP contribution in [0.2, 0.25) is 0 Å². The highest BCUT2D eigenvalue weighted by molar-refractivity contribution is 7.21. The summed E-state index contributed by atoms with van der Waals surface area (Å²) in [6.07, 6.45) is -1.64. The maximum Gasteiger partial charge on any atom is 0.508 e. The number of thiophene rings is 2. The smallest absolute Gasteiger partial charge is 0.496 e. The number of rotatable bonds is 14. The van der Waals surface area contributed by atoms with Crippen LogP contribution in [0.4, 0.5) is 4.79 Å². The zero-order valence-corrected chi connectivity index (χ0v) is 24.2. The first-order valence-electron chi connectivity index (χ1n) is 12.6. The Morgan fingerprint density at radius 2 is 1.02 bits per heavy atom. The molecule has 0 atom stereocenters. The fraction of sp³-hybridized carbons (Fsp3) is 0.276. The van der Waals surface area contributed by atoms with Crippen LogP contribution in [0.25, 0.3) is 20.2 Å². The van der Waals surface area contributed by atoms with Crippen molar-refractivity contribution < 1.29 is 53.1 Å². The minimum Gasteiger partial charge on any atom is -0.496 e. The van der Waals surface area contributed by atoms with Gasteiger partial charge in [0.05, 0.1) is 36.8 Å². The molecule has 11 nitrogen and oxygen atoms in total. The first-order chi connectivity index (χ1) is 20.1. The van der Waals surface area contributed by atoms with Crippen molar-refractivity contribution in [1.29, 1.82) is 0 Å². The van der Waals surface area contributed by atoms with Gasteiger partial charge in [-0.15, -0.1) is 22.7 Å². The number of ketones is 2. The highest BCUT2D eigenvalue weighted by Gasteiger charge is 2.18. The summed E-state index contributed by atoms with van der Waals surface area (Å²) < 4.78 is 22.9. The number of Topliss-reactive ketones (excluding diaryl/α,β-unsaturated/α-hetero) is 2. The number of carboxylic acid groups (broad SMARTS) is 2. The average molecular weight is 615 g/mol. The van der Waals surface area contributed by atoms with Crippen molar-refractivity contribution in [3.05, 3.63) is 57.3 Å². The molecule has 0 bridgehead atoms. The van der Waals surface area contributed by atoms with Gasteiger partial charge in [-0.05, 0) is 47.2 Å². The van der Waals surface area contributed by atoms with Gasteiger partial charge in [0.2, 0.25) is 0 Å². The molecule has 0 radical (unpaired) electrons. The molecule has 0 unspecified atom stereocenters. The number of methoxy groups -OCH3 is 2. The number of aliphatic carboxylic acids is 2. The summed E-state index contributed by atoms with van der Waals surface area (Å²) in [6, 6.07) is 10.3. The van der Waals surface area contributed by atoms with E-state index in [2.05, 4.69) is 0 Å². The minimum atomic E-state index is -1.04. The van der Waals surface area contributed by atoms with Crippen molar-refractivity contribution >= 4 is 72.5 Å². The van der Waals surface area contributed by atoms with Crippen molar-refractivity contribution in [3.63, 3.8) is 0 Å². The van der Waals surface area contributed by atoms with E-state index in [-0.39, 0.29) is 50.5 Å². The topological polar surface area (TPSA) is 163 Å². The third kappa shape index (κ3) is 7.42. The predicted molar refractivity (Wildman–Crippen MR) is 154 cm³/mol. The van der Waals surface area contributed by atoms with E-state index in [0.29, 0.717) is 32.4 Å². The highest BCUT2D eigenvalue weighted by Crippen LogP contribution is 2.35. The minimum absolute atomic E-state index is 0.0998. The Balaban J connectivity index is 1.41. The molecule has 220 valence electrons. The van der Waals surface area contributed by atoms with Gasteiger partial charge < -0.3 is 29.2 Å². The SMILES string of the molecule is COc1cc2cc(C(=O)CCC(=O)O)sc2cc1COC(=O)OCc1cc2sc(C(=O)CCC(=O)O)cc2cc1OC. The van der Waals surface area contributed by atoms with E-state index in [0.717, 1.165) is 20.2 Å². The van der Waals surface area contributed by atoms with Crippen molar-refractivity contribution in [2.45, 2.75) is 38.9 Å². The van der Waals surface area contributed by atoms with E-state index < -0.39 is 18.1 Å². The van der Waals surface area contributed by atoms with Crippen LogP contribution in [0, 0.1) is 0 Å². The molecule has 4 aromatic rings. The first-order valence-corrected chi connectivity index (χ1v) is 14.2. The third-order valence-electron chi connectivity index (χ3n) is 6.21. The number of carbonyl (C=O) groups excluding carboxylic acids is 3. The summed E-state index contributed by atoms with van der Waals surface area (Å²) in [5.41, 5.74) is 1.09. The zero-order chi connectivity index (χ0) is 30.4. The Labute approximate surface area is 247 Å². The van der Waals surface area contributed by atoms with Crippen molar-refractivity contribution in [2.24, 2.45) is 0 Å². The summed E-state index contributed by atoms with van der Waals surface area (Å²) in [7, 11) is 2.93. The molecule has 0 spiro atoms. The van der Waals surface area contributed by atoms with E-state index in [9.17, 15) is 24.0 Å². The van der Waals surface area contributed by atoms with E-state index in [1.165, 1.54) is 36.9 Å². The molecule has 0 aliphatic carbocycles. The fourth-order valence-electron chi connectivity index (χ4n) is 4.10. The van der Waals surface area contributed by atoms with Gasteiger partial charge in [0.25, 0.3) is 0 Å². The standard InChI is InChI=1S/C29H26O11S2/c1-37-21-7-15-9-25(19(30)3-5-27(32)33)41-23(15)11-17(21)13-39-29(36)40-14-18-12-24-16(8-22(18)38-2)10-26(42-24)20(31)4-6-28(34)35/h7-12H,3-6,13-14H2,1-2H3,(H,32,33)(H,34,35). The molecule has 42 heavy (non-hydrogen) atoms. The summed E-state index contributed by atoms with van der Waals surface area (Å²) >= 11 is 2.43. The fourth-order valence-corrected chi connectivity index (χ4v) is 6.25. The second-order valence-electron chi connectivity index (χ2n) is 9.09. The Morgan fingerprint density at radius 1 is 0.619 bits per heavy atom. The monoisotopic (exact) mass is 614 g/mol. The van der Waals surface area contributed by atoms with Crippen molar-refractivity contribution in [2.75, 3.05) is 14.2 Å². The Kier molecular flexibility index (Phi) is 9.76. The van der Waals surface area contributed by atoms with Gasteiger partial charge in [0.15, 0.2) is 11.6 Å². The number of hydrogen-bond acceptors (Lipinski definition) is 11. The number of ether oxygens (including phenoxy) is 4. The van der Waals surface area contributed by atoms with Crippen LogP contribution < -0.4 is 9.47 Å². The average Bonchev–Trinajstić information content (AvgIpc) is 3.58. The van der Waals surface area contributed by atoms with Gasteiger partial charge >= 0.3 is 18.1 Å².